The molecule has 0 saturated carbocycles. The fraction of sp³-hybridized carbons (Fsp3) is 0.273. The van der Waals surface area contributed by atoms with Crippen molar-refractivity contribution in [3.05, 3.63) is 77.2 Å². The Kier molecular flexibility index (Phi) is 5.92. The minimum atomic E-state index is -0.312. The Morgan fingerprint density at radius 2 is 1.97 bits per heavy atom. The monoisotopic (exact) mass is 424 g/mol. The smallest absolute Gasteiger partial charge is 0.251 e. The highest BCUT2D eigenvalue weighted by atomic mass is 19.1. The Balaban J connectivity index is 1.32. The summed E-state index contributed by atoms with van der Waals surface area (Å²) in [5.41, 5.74) is 1.34. The van der Waals surface area contributed by atoms with Crippen LogP contribution in [0.25, 0.3) is 0 Å². The molecule has 0 unspecified atom stereocenters. The van der Waals surface area contributed by atoms with Crippen molar-refractivity contribution in [3.8, 4) is 5.75 Å². The predicted molar refractivity (Wildman–Crippen MR) is 108 cm³/mol. The fourth-order valence-corrected chi connectivity index (χ4v) is 3.41. The van der Waals surface area contributed by atoms with Crippen molar-refractivity contribution in [3.63, 3.8) is 0 Å². The van der Waals surface area contributed by atoms with E-state index in [-0.39, 0.29) is 42.4 Å². The minimum Gasteiger partial charge on any atom is -0.497 e. The molecule has 2 heterocycles. The van der Waals surface area contributed by atoms with E-state index in [9.17, 15) is 14.0 Å². The number of hydrogen-bond donors (Lipinski definition) is 1. The normalized spacial score (nSPS) is 15.9. The summed E-state index contributed by atoms with van der Waals surface area (Å²) in [6.45, 7) is 0.934. The summed E-state index contributed by atoms with van der Waals surface area (Å²) < 4.78 is 23.4. The molecule has 0 spiro atoms. The van der Waals surface area contributed by atoms with E-state index < -0.39 is 0 Å². The third-order valence-electron chi connectivity index (χ3n) is 5.10. The van der Waals surface area contributed by atoms with Crippen LogP contribution in [0.5, 0.6) is 5.75 Å². The standard InChI is InChI=1S/C22H21FN4O4/c1-30-18-8-4-15(5-9-18)22(29)24-11-19-25-21(26-31-19)16-10-20(28)27(13-16)12-14-2-6-17(23)7-3-14/h2-9,16H,10-13H2,1H3,(H,24,29)/t16-/m0/s1. The second-order valence-electron chi connectivity index (χ2n) is 7.26. The molecule has 2 amide bonds. The van der Waals surface area contributed by atoms with E-state index in [4.69, 9.17) is 9.26 Å². The Bertz CT molecular complexity index is 1070. The van der Waals surface area contributed by atoms with Crippen LogP contribution in [0.15, 0.2) is 53.1 Å². The summed E-state index contributed by atoms with van der Waals surface area (Å²) in [5, 5.41) is 6.70. The molecule has 1 atom stereocenters. The summed E-state index contributed by atoms with van der Waals surface area (Å²) in [5.74, 6) is 0.565. The zero-order chi connectivity index (χ0) is 21.8. The lowest BCUT2D eigenvalue weighted by Gasteiger charge is -2.16. The minimum absolute atomic E-state index is 0.0199. The van der Waals surface area contributed by atoms with E-state index in [1.54, 1.807) is 48.4 Å². The molecule has 1 aromatic heterocycles. The number of halogens is 1. The van der Waals surface area contributed by atoms with Crippen molar-refractivity contribution >= 4 is 11.8 Å². The number of nitrogens with zero attached hydrogens (tertiary/aromatic N) is 3. The Morgan fingerprint density at radius 1 is 1.23 bits per heavy atom. The number of nitrogens with one attached hydrogen (secondary N) is 1. The number of benzene rings is 2. The van der Waals surface area contributed by atoms with Crippen LogP contribution in [0.3, 0.4) is 0 Å². The highest BCUT2D eigenvalue weighted by molar-refractivity contribution is 5.94. The van der Waals surface area contributed by atoms with E-state index in [0.29, 0.717) is 30.2 Å². The molecule has 1 aliphatic heterocycles. The van der Waals surface area contributed by atoms with Crippen LogP contribution in [0.2, 0.25) is 0 Å². The number of amides is 2. The van der Waals surface area contributed by atoms with E-state index in [0.717, 1.165) is 5.56 Å². The predicted octanol–water partition coefficient (Wildman–Crippen LogP) is 2.66. The summed E-state index contributed by atoms with van der Waals surface area (Å²) in [6.07, 6.45) is 0.276. The Labute approximate surface area is 178 Å². The first-order valence-corrected chi connectivity index (χ1v) is 9.79. The molecular weight excluding hydrogens is 403 g/mol. The summed E-state index contributed by atoms with van der Waals surface area (Å²) in [4.78, 5) is 30.6. The molecule has 0 aliphatic carbocycles. The lowest BCUT2D eigenvalue weighted by molar-refractivity contribution is -0.128. The highest BCUT2D eigenvalue weighted by Crippen LogP contribution is 2.27. The molecule has 160 valence electrons. The average molecular weight is 424 g/mol. The maximum atomic E-state index is 13.1. The van der Waals surface area contributed by atoms with E-state index in [1.807, 2.05) is 0 Å². The third kappa shape index (κ3) is 4.88. The number of carbonyl (C=O) groups is 2. The molecule has 4 rings (SSSR count). The van der Waals surface area contributed by atoms with Gasteiger partial charge in [0.15, 0.2) is 5.82 Å². The maximum absolute atomic E-state index is 13.1. The van der Waals surface area contributed by atoms with Gasteiger partial charge in [-0.1, -0.05) is 17.3 Å². The molecule has 1 saturated heterocycles. The van der Waals surface area contributed by atoms with Crippen LogP contribution in [-0.2, 0) is 17.9 Å². The van der Waals surface area contributed by atoms with Gasteiger partial charge in [-0.25, -0.2) is 4.39 Å². The number of hydrogen-bond acceptors (Lipinski definition) is 6. The van der Waals surface area contributed by atoms with Crippen molar-refractivity contribution in [1.29, 1.82) is 0 Å². The first-order valence-electron chi connectivity index (χ1n) is 9.79. The van der Waals surface area contributed by atoms with Crippen LogP contribution in [0.4, 0.5) is 4.39 Å². The maximum Gasteiger partial charge on any atom is 0.251 e. The molecule has 1 N–H and O–H groups in total. The average Bonchev–Trinajstić information content (AvgIpc) is 3.40. The zero-order valence-electron chi connectivity index (χ0n) is 16.9. The summed E-state index contributed by atoms with van der Waals surface area (Å²) >= 11 is 0. The molecule has 31 heavy (non-hydrogen) atoms. The number of rotatable bonds is 7. The lowest BCUT2D eigenvalue weighted by Crippen LogP contribution is -2.24. The molecule has 8 nitrogen and oxygen atoms in total. The van der Waals surface area contributed by atoms with Gasteiger partial charge in [-0.2, -0.15) is 4.98 Å². The Morgan fingerprint density at radius 3 is 2.68 bits per heavy atom. The van der Waals surface area contributed by atoms with Crippen LogP contribution >= 0.6 is 0 Å². The van der Waals surface area contributed by atoms with Crippen molar-refractivity contribution in [2.24, 2.45) is 0 Å². The lowest BCUT2D eigenvalue weighted by atomic mass is 10.1. The van der Waals surface area contributed by atoms with E-state index in [1.165, 1.54) is 12.1 Å². The number of ether oxygens (including phenoxy) is 1. The first-order chi connectivity index (χ1) is 15.0. The topological polar surface area (TPSA) is 97.6 Å². The molecule has 9 heteroatoms. The molecule has 1 fully saturated rings. The molecule has 0 radical (unpaired) electrons. The van der Waals surface area contributed by atoms with Gasteiger partial charge in [-0.05, 0) is 42.0 Å². The summed E-state index contributed by atoms with van der Waals surface area (Å²) in [7, 11) is 1.56. The van der Waals surface area contributed by atoms with Gasteiger partial charge in [-0.3, -0.25) is 9.59 Å². The van der Waals surface area contributed by atoms with E-state index in [2.05, 4.69) is 15.5 Å². The van der Waals surface area contributed by atoms with Gasteiger partial charge in [0.1, 0.15) is 11.6 Å². The second-order valence-corrected chi connectivity index (χ2v) is 7.26. The molecular formula is C22H21FN4O4. The largest absolute Gasteiger partial charge is 0.497 e. The highest BCUT2D eigenvalue weighted by Gasteiger charge is 2.33. The summed E-state index contributed by atoms with van der Waals surface area (Å²) in [6, 6.07) is 12.8. The van der Waals surface area contributed by atoms with Crippen LogP contribution in [-0.4, -0.2) is 40.5 Å². The van der Waals surface area contributed by atoms with Gasteiger partial charge in [0.25, 0.3) is 5.91 Å². The Hall–Kier alpha value is -3.75. The van der Waals surface area contributed by atoms with Crippen molar-refractivity contribution in [1.82, 2.24) is 20.4 Å². The van der Waals surface area contributed by atoms with Gasteiger partial charge in [0.2, 0.25) is 11.8 Å². The van der Waals surface area contributed by atoms with Gasteiger partial charge >= 0.3 is 0 Å². The molecule has 0 bridgehead atoms. The van der Waals surface area contributed by atoms with E-state index >= 15 is 0 Å². The van der Waals surface area contributed by atoms with Crippen molar-refractivity contribution in [2.45, 2.75) is 25.4 Å². The number of methoxy groups -OCH3 is 1. The first kappa shape index (κ1) is 20.5. The number of likely N-dealkylation sites (tertiary alicyclic amines) is 1. The molecule has 1 aliphatic rings. The molecule has 3 aromatic rings. The van der Waals surface area contributed by atoms with Gasteiger partial charge in [0, 0.05) is 31.0 Å². The second kappa shape index (κ2) is 8.95. The van der Waals surface area contributed by atoms with Gasteiger partial charge in [-0.15, -0.1) is 0 Å². The number of aromatic nitrogens is 2. The quantitative estimate of drug-likeness (QED) is 0.626. The van der Waals surface area contributed by atoms with Crippen LogP contribution in [0.1, 0.15) is 40.0 Å². The van der Waals surface area contributed by atoms with Crippen molar-refractivity contribution in [2.75, 3.05) is 13.7 Å². The van der Waals surface area contributed by atoms with Gasteiger partial charge in [0.05, 0.1) is 13.7 Å². The van der Waals surface area contributed by atoms with Gasteiger partial charge < -0.3 is 19.5 Å². The van der Waals surface area contributed by atoms with Crippen molar-refractivity contribution < 1.29 is 23.2 Å². The zero-order valence-corrected chi connectivity index (χ0v) is 16.9. The van der Waals surface area contributed by atoms with Crippen LogP contribution in [0, 0.1) is 5.82 Å². The fourth-order valence-electron chi connectivity index (χ4n) is 3.41. The SMILES string of the molecule is COc1ccc(C(=O)NCc2nc([C@H]3CC(=O)N(Cc4ccc(F)cc4)C3)no2)cc1. The van der Waals surface area contributed by atoms with Crippen LogP contribution < -0.4 is 10.1 Å². The third-order valence-corrected chi connectivity index (χ3v) is 5.10. The number of carbonyl (C=O) groups excluding carboxylic acids is 2. The molecule has 2 aromatic carbocycles.